The molecule has 1 fully saturated rings. The topological polar surface area (TPSA) is 115 Å². The molecule has 0 aliphatic carbocycles. The first-order chi connectivity index (χ1) is 16.3. The Bertz CT molecular complexity index is 1430. The molecule has 3 N–H and O–H groups in total. The Morgan fingerprint density at radius 1 is 1.09 bits per heavy atom. The molecule has 0 saturated carbocycles. The zero-order chi connectivity index (χ0) is 23.9. The molecule has 0 bridgehead atoms. The fourth-order valence-electron chi connectivity index (χ4n) is 4.72. The second kappa shape index (κ2) is 8.81. The zero-order valence-electron chi connectivity index (χ0n) is 19.3. The van der Waals surface area contributed by atoms with Crippen LogP contribution in [-0.2, 0) is 16.3 Å². The first-order valence-electron chi connectivity index (χ1n) is 11.5. The molecule has 4 aromatic rings. The third kappa shape index (κ3) is 4.28. The van der Waals surface area contributed by atoms with E-state index in [-0.39, 0.29) is 10.7 Å². The van der Waals surface area contributed by atoms with Gasteiger partial charge in [-0.05, 0) is 38.7 Å². The van der Waals surface area contributed by atoms with Crippen LogP contribution < -0.4 is 11.1 Å². The number of hydrogen-bond donors (Lipinski definition) is 2. The molecule has 1 aliphatic heterocycles. The van der Waals surface area contributed by atoms with Gasteiger partial charge in [-0.3, -0.25) is 4.98 Å². The van der Waals surface area contributed by atoms with Crippen molar-refractivity contribution in [1.82, 2.24) is 24.9 Å². The molecule has 1 saturated heterocycles. The Balaban J connectivity index is 1.54. The van der Waals surface area contributed by atoms with Gasteiger partial charge in [-0.15, -0.1) is 0 Å². The van der Waals surface area contributed by atoms with Gasteiger partial charge in [0, 0.05) is 41.2 Å². The number of aryl methyl sites for hydroxylation is 1. The third-order valence-electron chi connectivity index (χ3n) is 6.42. The maximum Gasteiger partial charge on any atom is 0.180 e. The van der Waals surface area contributed by atoms with Crippen LogP contribution in [0.25, 0.3) is 28.0 Å². The highest BCUT2D eigenvalue weighted by atomic mass is 32.2. The van der Waals surface area contributed by atoms with E-state index in [1.165, 1.54) is 10.8 Å². The number of fused-ring (bicyclic) bond motifs is 1. The molecule has 5 rings (SSSR count). The quantitative estimate of drug-likeness (QED) is 0.437. The summed E-state index contributed by atoms with van der Waals surface area (Å²) in [6.07, 6.45) is 8.12. The second-order valence-electron chi connectivity index (χ2n) is 9.02. The molecule has 2 atom stereocenters. The van der Waals surface area contributed by atoms with Gasteiger partial charge in [-0.25, -0.2) is 13.4 Å². The van der Waals surface area contributed by atoms with Crippen LogP contribution in [0, 0.1) is 0 Å². The summed E-state index contributed by atoms with van der Waals surface area (Å²) in [6.45, 7) is 2.17. The lowest BCUT2D eigenvalue weighted by Crippen LogP contribution is -2.27. The van der Waals surface area contributed by atoms with E-state index in [9.17, 15) is 8.42 Å². The summed E-state index contributed by atoms with van der Waals surface area (Å²) in [6, 6.07) is 14.7. The minimum Gasteiger partial charge on any atom is -0.382 e. The Morgan fingerprint density at radius 3 is 2.53 bits per heavy atom. The molecular weight excluding hydrogens is 448 g/mol. The van der Waals surface area contributed by atoms with Crippen molar-refractivity contribution in [3.63, 3.8) is 0 Å². The van der Waals surface area contributed by atoms with Gasteiger partial charge in [0.2, 0.25) is 0 Å². The maximum absolute atomic E-state index is 12.6. The van der Waals surface area contributed by atoms with Crippen LogP contribution in [0.3, 0.4) is 0 Å². The predicted molar refractivity (Wildman–Crippen MR) is 133 cm³/mol. The van der Waals surface area contributed by atoms with Crippen molar-refractivity contribution in [1.29, 1.82) is 0 Å². The molecule has 0 amide bonds. The van der Waals surface area contributed by atoms with E-state index in [4.69, 9.17) is 10.7 Å². The SMILES string of the molecule is CC1CCC(CCc2nc3c(-c4ccc(-c5ccccc5)nc4)cnn3c(N)c2S(C)(=O)=O)N1. The summed E-state index contributed by atoms with van der Waals surface area (Å²) in [5.74, 6) is 0.0929. The number of pyridine rings is 1. The molecule has 1 aromatic carbocycles. The summed E-state index contributed by atoms with van der Waals surface area (Å²) in [7, 11) is -3.58. The third-order valence-corrected chi connectivity index (χ3v) is 7.61. The van der Waals surface area contributed by atoms with Crippen molar-refractivity contribution in [3.8, 4) is 22.4 Å². The average Bonchev–Trinajstić information content (AvgIpc) is 3.44. The highest BCUT2D eigenvalue weighted by molar-refractivity contribution is 7.91. The summed E-state index contributed by atoms with van der Waals surface area (Å²) in [4.78, 5) is 9.46. The number of nitrogen functional groups attached to an aromatic ring is 1. The van der Waals surface area contributed by atoms with Gasteiger partial charge in [-0.1, -0.05) is 36.4 Å². The van der Waals surface area contributed by atoms with E-state index in [1.807, 2.05) is 42.5 Å². The Kier molecular flexibility index (Phi) is 5.83. The van der Waals surface area contributed by atoms with Crippen molar-refractivity contribution in [2.45, 2.75) is 49.6 Å². The number of aromatic nitrogens is 4. The van der Waals surface area contributed by atoms with Crippen LogP contribution in [0.2, 0.25) is 0 Å². The molecule has 0 radical (unpaired) electrons. The molecule has 4 heterocycles. The van der Waals surface area contributed by atoms with E-state index in [0.717, 1.165) is 41.6 Å². The summed E-state index contributed by atoms with van der Waals surface area (Å²) >= 11 is 0. The van der Waals surface area contributed by atoms with Gasteiger partial charge in [0.15, 0.2) is 15.5 Å². The van der Waals surface area contributed by atoms with Gasteiger partial charge in [0.05, 0.1) is 17.6 Å². The highest BCUT2D eigenvalue weighted by Crippen LogP contribution is 2.31. The average molecular weight is 477 g/mol. The van der Waals surface area contributed by atoms with Crippen LogP contribution in [-0.4, -0.2) is 46.3 Å². The number of benzene rings is 1. The first kappa shape index (κ1) is 22.5. The fraction of sp³-hybridized carbons (Fsp3) is 0.320. The maximum atomic E-state index is 12.6. The standard InChI is InChI=1S/C25H28N6O2S/c1-16-8-10-19(29-16)11-13-22-23(34(2,32)33)24(26)31-25(30-22)20(15-28-31)18-9-12-21(27-14-18)17-6-4-3-5-7-17/h3-7,9,12,14-16,19,29H,8,10-11,13,26H2,1-2H3. The number of sulfone groups is 1. The van der Waals surface area contributed by atoms with E-state index < -0.39 is 9.84 Å². The Labute approximate surface area is 199 Å². The summed E-state index contributed by atoms with van der Waals surface area (Å²) in [5.41, 5.74) is 10.9. The Morgan fingerprint density at radius 2 is 1.88 bits per heavy atom. The monoisotopic (exact) mass is 476 g/mol. The summed E-state index contributed by atoms with van der Waals surface area (Å²) in [5, 5.41) is 7.91. The van der Waals surface area contributed by atoms with Gasteiger partial charge in [0.1, 0.15) is 10.7 Å². The second-order valence-corrected chi connectivity index (χ2v) is 11.0. The van der Waals surface area contributed by atoms with Crippen LogP contribution >= 0.6 is 0 Å². The largest absolute Gasteiger partial charge is 0.382 e. The van der Waals surface area contributed by atoms with Crippen molar-refractivity contribution >= 4 is 21.3 Å². The van der Waals surface area contributed by atoms with Crippen LogP contribution in [0.15, 0.2) is 59.8 Å². The molecule has 2 unspecified atom stereocenters. The van der Waals surface area contributed by atoms with Crippen LogP contribution in [0.1, 0.15) is 31.9 Å². The molecule has 3 aromatic heterocycles. The van der Waals surface area contributed by atoms with Crippen LogP contribution in [0.5, 0.6) is 0 Å². The predicted octanol–water partition coefficient (Wildman–Crippen LogP) is 3.52. The van der Waals surface area contributed by atoms with Gasteiger partial charge >= 0.3 is 0 Å². The minimum absolute atomic E-state index is 0.0678. The molecule has 34 heavy (non-hydrogen) atoms. The van der Waals surface area contributed by atoms with E-state index in [2.05, 4.69) is 22.3 Å². The molecular formula is C25H28N6O2S. The van der Waals surface area contributed by atoms with E-state index in [0.29, 0.717) is 29.8 Å². The first-order valence-corrected chi connectivity index (χ1v) is 13.3. The number of nitrogens with one attached hydrogen (secondary N) is 1. The molecule has 8 nitrogen and oxygen atoms in total. The van der Waals surface area contributed by atoms with Crippen molar-refractivity contribution in [2.75, 3.05) is 12.0 Å². The number of anilines is 1. The van der Waals surface area contributed by atoms with Crippen LogP contribution in [0.4, 0.5) is 5.82 Å². The molecule has 176 valence electrons. The number of rotatable bonds is 6. The van der Waals surface area contributed by atoms with Gasteiger partial charge in [0.25, 0.3) is 0 Å². The number of nitrogens with zero attached hydrogens (tertiary/aromatic N) is 4. The molecule has 9 heteroatoms. The minimum atomic E-state index is -3.58. The lowest BCUT2D eigenvalue weighted by molar-refractivity contribution is 0.521. The highest BCUT2D eigenvalue weighted by Gasteiger charge is 2.26. The van der Waals surface area contributed by atoms with E-state index >= 15 is 0 Å². The number of nitrogens with two attached hydrogens (primary N) is 1. The normalized spacial score (nSPS) is 18.5. The van der Waals surface area contributed by atoms with E-state index in [1.54, 1.807) is 12.4 Å². The Hall–Kier alpha value is -3.30. The van der Waals surface area contributed by atoms with Crippen molar-refractivity contribution < 1.29 is 8.42 Å². The van der Waals surface area contributed by atoms with Gasteiger partial charge < -0.3 is 11.1 Å². The summed E-state index contributed by atoms with van der Waals surface area (Å²) < 4.78 is 26.7. The zero-order valence-corrected chi connectivity index (χ0v) is 20.1. The lowest BCUT2D eigenvalue weighted by Gasteiger charge is -2.15. The molecule has 1 aliphatic rings. The van der Waals surface area contributed by atoms with Gasteiger partial charge in [-0.2, -0.15) is 9.61 Å². The smallest absolute Gasteiger partial charge is 0.180 e. The van der Waals surface area contributed by atoms with Crippen molar-refractivity contribution in [3.05, 3.63) is 60.6 Å². The van der Waals surface area contributed by atoms with Crippen molar-refractivity contribution in [2.24, 2.45) is 0 Å². The lowest BCUT2D eigenvalue weighted by atomic mass is 10.1. The number of hydrogen-bond acceptors (Lipinski definition) is 7. The fourth-order valence-corrected chi connectivity index (χ4v) is 5.76. The molecule has 0 spiro atoms.